The number of aliphatic hydroxyl groups excluding tert-OH is 1. The predicted octanol–water partition coefficient (Wildman–Crippen LogP) is 1.46. The van der Waals surface area contributed by atoms with Gasteiger partial charge in [-0.05, 0) is 44.4 Å². The van der Waals surface area contributed by atoms with Crippen molar-refractivity contribution in [3.63, 3.8) is 0 Å². The summed E-state index contributed by atoms with van der Waals surface area (Å²) in [6.45, 7) is 0.879. The molecule has 0 saturated heterocycles. The molecular weight excluding hydrogens is 439 g/mol. The van der Waals surface area contributed by atoms with Gasteiger partial charge in [-0.25, -0.2) is 9.02 Å². The average Bonchev–Trinajstić information content (AvgIpc) is 3.33. The van der Waals surface area contributed by atoms with Crippen molar-refractivity contribution in [3.8, 4) is 0 Å². The van der Waals surface area contributed by atoms with E-state index >= 15 is 0 Å². The lowest BCUT2D eigenvalue weighted by Gasteiger charge is -2.08. The molecule has 0 saturated carbocycles. The van der Waals surface area contributed by atoms with Gasteiger partial charge >= 0.3 is 0 Å². The molecule has 0 fully saturated rings. The van der Waals surface area contributed by atoms with Gasteiger partial charge in [-0.1, -0.05) is 10.4 Å². The Morgan fingerprint density at radius 3 is 2.96 bits per heavy atom. The van der Waals surface area contributed by atoms with Gasteiger partial charge in [0.05, 0.1) is 16.7 Å². The second kappa shape index (κ2) is 9.23. The fraction of sp³-hybridized carbons (Fsp3) is 0.267. The molecule has 0 aliphatic carbocycles. The van der Waals surface area contributed by atoms with E-state index in [-0.39, 0.29) is 28.4 Å². The minimum Gasteiger partial charge on any atom is -0.409 e. The van der Waals surface area contributed by atoms with E-state index in [4.69, 9.17) is 9.74 Å². The van der Waals surface area contributed by atoms with Crippen molar-refractivity contribution in [1.82, 2.24) is 25.3 Å². The second-order valence-corrected chi connectivity index (χ2v) is 6.39. The number of amidine groups is 1. The number of aromatic nitrogens is 5. The molecule has 0 amide bonds. The average molecular weight is 455 g/mol. The van der Waals surface area contributed by atoms with Gasteiger partial charge < -0.3 is 20.9 Å². The van der Waals surface area contributed by atoms with Crippen LogP contribution in [0.1, 0.15) is 11.4 Å². The lowest BCUT2D eigenvalue weighted by Crippen LogP contribution is -2.18. The summed E-state index contributed by atoms with van der Waals surface area (Å²) < 4.78 is 19.9. The number of benzene rings is 1. The topological polar surface area (TPSA) is 147 Å². The molecule has 13 heteroatoms. The minimum atomic E-state index is -0.422. The molecule has 0 unspecified atom stereocenters. The summed E-state index contributed by atoms with van der Waals surface area (Å²) >= 11 is 3.09. The number of rotatable bonds is 8. The smallest absolute Gasteiger partial charge is 0.203 e. The maximum absolute atomic E-state index is 13.4. The van der Waals surface area contributed by atoms with Gasteiger partial charge in [-0.3, -0.25) is 4.68 Å². The first-order valence-electron chi connectivity index (χ1n) is 8.11. The summed E-state index contributed by atoms with van der Waals surface area (Å²) in [5.41, 5.74) is 1.30. The maximum atomic E-state index is 13.4. The van der Waals surface area contributed by atoms with Gasteiger partial charge in [-0.2, -0.15) is 0 Å². The van der Waals surface area contributed by atoms with Crippen LogP contribution >= 0.6 is 15.9 Å². The summed E-state index contributed by atoms with van der Waals surface area (Å²) in [4.78, 5) is 0. The molecule has 0 radical (unpaired) electrons. The molecule has 0 aliphatic heterocycles. The zero-order chi connectivity index (χ0) is 19.9. The lowest BCUT2D eigenvalue weighted by atomic mass is 10.3. The van der Waals surface area contributed by atoms with E-state index in [1.54, 1.807) is 10.9 Å². The molecule has 4 N–H and O–H groups in total. The van der Waals surface area contributed by atoms with Crippen molar-refractivity contribution in [1.29, 1.82) is 0 Å². The molecule has 148 valence electrons. The number of hydrogen-bond acceptors (Lipinski definition) is 9. The number of halogens is 2. The zero-order valence-corrected chi connectivity index (χ0v) is 16.0. The van der Waals surface area contributed by atoms with Crippen LogP contribution in [0.15, 0.2) is 38.7 Å². The van der Waals surface area contributed by atoms with Crippen LogP contribution in [0.3, 0.4) is 0 Å². The van der Waals surface area contributed by atoms with Gasteiger partial charge in [0.25, 0.3) is 0 Å². The molecule has 3 rings (SSSR count). The largest absolute Gasteiger partial charge is 0.409 e. The van der Waals surface area contributed by atoms with Crippen molar-refractivity contribution in [2.75, 3.05) is 23.8 Å². The summed E-state index contributed by atoms with van der Waals surface area (Å²) in [6.07, 6.45) is 2.17. The first kappa shape index (κ1) is 19.7. The number of hydrogen-bond donors (Lipinski definition) is 4. The Balaban J connectivity index is 1.63. The predicted molar refractivity (Wildman–Crippen MR) is 99.6 cm³/mol. The van der Waals surface area contributed by atoms with Gasteiger partial charge in [-0.15, -0.1) is 5.10 Å². The summed E-state index contributed by atoms with van der Waals surface area (Å²) in [7, 11) is 0. The number of oxime groups is 1. The monoisotopic (exact) mass is 454 g/mol. The van der Waals surface area contributed by atoms with E-state index in [1.165, 1.54) is 18.2 Å². The molecule has 0 bridgehead atoms. The number of nitrogens with one attached hydrogen (secondary N) is 2. The van der Waals surface area contributed by atoms with Gasteiger partial charge in [0, 0.05) is 31.5 Å². The SMILES string of the molecule is OCCc1cn(CCNc2nonc2C(=NO)Nc2ccc(F)c(Br)c2)nn1. The highest BCUT2D eigenvalue weighted by Gasteiger charge is 2.18. The van der Waals surface area contributed by atoms with E-state index in [0.717, 1.165) is 0 Å². The summed E-state index contributed by atoms with van der Waals surface area (Å²) in [5, 5.41) is 42.5. The van der Waals surface area contributed by atoms with E-state index < -0.39 is 5.82 Å². The van der Waals surface area contributed by atoms with Crippen LogP contribution in [0.4, 0.5) is 15.9 Å². The minimum absolute atomic E-state index is 0.00576. The van der Waals surface area contributed by atoms with Crippen molar-refractivity contribution in [2.45, 2.75) is 13.0 Å². The van der Waals surface area contributed by atoms with E-state index in [0.29, 0.717) is 30.9 Å². The Morgan fingerprint density at radius 1 is 1.36 bits per heavy atom. The van der Waals surface area contributed by atoms with Crippen LogP contribution < -0.4 is 10.6 Å². The van der Waals surface area contributed by atoms with Crippen LogP contribution in [0.2, 0.25) is 0 Å². The first-order chi connectivity index (χ1) is 13.6. The zero-order valence-electron chi connectivity index (χ0n) is 14.4. The third-order valence-electron chi connectivity index (χ3n) is 3.58. The molecule has 2 heterocycles. The summed E-state index contributed by atoms with van der Waals surface area (Å²) in [5.74, 6) is -0.209. The van der Waals surface area contributed by atoms with Crippen LogP contribution in [0, 0.1) is 5.82 Å². The van der Waals surface area contributed by atoms with Crippen molar-refractivity contribution in [2.24, 2.45) is 5.16 Å². The van der Waals surface area contributed by atoms with Gasteiger partial charge in [0.15, 0.2) is 5.69 Å². The van der Waals surface area contributed by atoms with Crippen LogP contribution in [0.5, 0.6) is 0 Å². The van der Waals surface area contributed by atoms with Gasteiger partial charge in [0.1, 0.15) is 5.82 Å². The third kappa shape index (κ3) is 4.80. The molecule has 2 aromatic heterocycles. The Labute approximate surface area is 166 Å². The van der Waals surface area contributed by atoms with Crippen molar-refractivity contribution >= 4 is 33.3 Å². The number of nitrogens with zero attached hydrogens (tertiary/aromatic N) is 6. The van der Waals surface area contributed by atoms with E-state index in [9.17, 15) is 9.60 Å². The molecule has 0 aliphatic rings. The van der Waals surface area contributed by atoms with E-state index in [1.807, 2.05) is 0 Å². The maximum Gasteiger partial charge on any atom is 0.203 e. The van der Waals surface area contributed by atoms with Gasteiger partial charge in [0.2, 0.25) is 11.7 Å². The van der Waals surface area contributed by atoms with Crippen molar-refractivity contribution in [3.05, 3.63) is 46.1 Å². The Kier molecular flexibility index (Phi) is 6.49. The number of anilines is 2. The molecule has 1 aromatic carbocycles. The highest BCUT2D eigenvalue weighted by molar-refractivity contribution is 9.10. The molecule has 0 atom stereocenters. The molecule has 3 aromatic rings. The van der Waals surface area contributed by atoms with Crippen LogP contribution in [-0.4, -0.2) is 54.6 Å². The lowest BCUT2D eigenvalue weighted by molar-refractivity contribution is 0.298. The first-order valence-corrected chi connectivity index (χ1v) is 8.91. The third-order valence-corrected chi connectivity index (χ3v) is 4.19. The van der Waals surface area contributed by atoms with Crippen LogP contribution in [0.25, 0.3) is 0 Å². The fourth-order valence-corrected chi connectivity index (χ4v) is 2.65. The molecular formula is C15H16BrFN8O3. The Bertz CT molecular complexity index is 960. The molecule has 0 spiro atoms. The quantitative estimate of drug-likeness (QED) is 0.172. The highest BCUT2D eigenvalue weighted by Crippen LogP contribution is 2.21. The van der Waals surface area contributed by atoms with Crippen molar-refractivity contribution < 1.29 is 19.3 Å². The van der Waals surface area contributed by atoms with Crippen LogP contribution in [-0.2, 0) is 13.0 Å². The standard InChI is InChI=1S/C15H16BrFN8O3/c16-11-7-9(1-2-12(11)17)19-15(21-27)13-14(23-28-22-13)18-4-5-25-8-10(3-6-26)20-24-25/h1-2,7-8,26-27H,3-6H2,(H,18,23)(H,19,21). The number of aliphatic hydroxyl groups is 1. The highest BCUT2D eigenvalue weighted by atomic mass is 79.9. The Morgan fingerprint density at radius 2 is 2.21 bits per heavy atom. The summed E-state index contributed by atoms with van der Waals surface area (Å²) in [6, 6.07) is 4.21. The second-order valence-electron chi connectivity index (χ2n) is 5.54. The normalized spacial score (nSPS) is 11.6. The molecule has 28 heavy (non-hydrogen) atoms. The molecule has 11 nitrogen and oxygen atoms in total. The van der Waals surface area contributed by atoms with E-state index in [2.05, 4.69) is 52.3 Å². The Hall–Kier alpha value is -3.06. The fourth-order valence-electron chi connectivity index (χ4n) is 2.27.